The second-order valence-electron chi connectivity index (χ2n) is 7.46. The molecule has 8 heteroatoms. The molecule has 0 atom stereocenters. The standard InChI is InChI=1S/C15H24O8/c1-13(2,9(16)17)11-20-5-15(6-21-11)7-22-12(23-8-15)14(3,4)10(18)19/h11-12H,5-8H2,1-4H3,(H,16,17)(H,18,19). The normalized spacial score (nSPS) is 32.7. The highest BCUT2D eigenvalue weighted by Crippen LogP contribution is 2.38. The summed E-state index contributed by atoms with van der Waals surface area (Å²) in [5.41, 5.74) is -2.87. The molecule has 132 valence electrons. The number of rotatable bonds is 4. The molecule has 0 aliphatic carbocycles. The Labute approximate surface area is 134 Å². The van der Waals surface area contributed by atoms with Gasteiger partial charge in [-0.15, -0.1) is 0 Å². The summed E-state index contributed by atoms with van der Waals surface area (Å²) in [6.07, 6.45) is -1.70. The largest absolute Gasteiger partial charge is 0.481 e. The molecule has 0 aromatic carbocycles. The summed E-state index contributed by atoms with van der Waals surface area (Å²) < 4.78 is 22.3. The molecule has 2 fully saturated rings. The number of aliphatic carboxylic acids is 2. The summed E-state index contributed by atoms with van der Waals surface area (Å²) in [5, 5.41) is 18.4. The van der Waals surface area contributed by atoms with Crippen molar-refractivity contribution in [3.8, 4) is 0 Å². The van der Waals surface area contributed by atoms with E-state index in [1.54, 1.807) is 0 Å². The highest BCUT2D eigenvalue weighted by Gasteiger charge is 2.50. The lowest BCUT2D eigenvalue weighted by molar-refractivity contribution is -0.330. The Balaban J connectivity index is 1.94. The second-order valence-corrected chi connectivity index (χ2v) is 7.46. The van der Waals surface area contributed by atoms with Crippen LogP contribution in [0.2, 0.25) is 0 Å². The van der Waals surface area contributed by atoms with E-state index < -0.39 is 40.8 Å². The molecule has 0 amide bonds. The minimum atomic E-state index is -1.16. The predicted molar refractivity (Wildman–Crippen MR) is 76.7 cm³/mol. The zero-order valence-electron chi connectivity index (χ0n) is 13.8. The third-order valence-electron chi connectivity index (χ3n) is 4.44. The predicted octanol–water partition coefficient (Wildman–Crippen LogP) is 0.940. The summed E-state index contributed by atoms with van der Waals surface area (Å²) in [6, 6.07) is 0. The minimum Gasteiger partial charge on any atom is -0.481 e. The molecule has 2 saturated heterocycles. The average Bonchev–Trinajstić information content (AvgIpc) is 2.48. The van der Waals surface area contributed by atoms with Gasteiger partial charge >= 0.3 is 11.9 Å². The van der Waals surface area contributed by atoms with Gasteiger partial charge in [0.25, 0.3) is 0 Å². The van der Waals surface area contributed by atoms with Gasteiger partial charge in [0.1, 0.15) is 10.8 Å². The Morgan fingerprint density at radius 3 is 1.26 bits per heavy atom. The van der Waals surface area contributed by atoms with Gasteiger partial charge in [-0.05, 0) is 27.7 Å². The van der Waals surface area contributed by atoms with Crippen LogP contribution < -0.4 is 0 Å². The first-order valence-corrected chi connectivity index (χ1v) is 7.44. The number of hydrogen-bond acceptors (Lipinski definition) is 6. The van der Waals surface area contributed by atoms with Gasteiger partial charge in [-0.1, -0.05) is 0 Å². The Morgan fingerprint density at radius 1 is 0.783 bits per heavy atom. The van der Waals surface area contributed by atoms with Gasteiger partial charge in [0.2, 0.25) is 0 Å². The lowest BCUT2D eigenvalue weighted by Crippen LogP contribution is -2.57. The van der Waals surface area contributed by atoms with Gasteiger partial charge in [-0.3, -0.25) is 9.59 Å². The van der Waals surface area contributed by atoms with E-state index >= 15 is 0 Å². The van der Waals surface area contributed by atoms with E-state index in [-0.39, 0.29) is 26.4 Å². The van der Waals surface area contributed by atoms with Gasteiger partial charge in [-0.25, -0.2) is 0 Å². The van der Waals surface area contributed by atoms with Crippen molar-refractivity contribution in [2.75, 3.05) is 26.4 Å². The molecule has 23 heavy (non-hydrogen) atoms. The van der Waals surface area contributed by atoms with Crippen LogP contribution in [0.5, 0.6) is 0 Å². The lowest BCUT2D eigenvalue weighted by atomic mass is 9.86. The van der Waals surface area contributed by atoms with Crippen molar-refractivity contribution in [2.24, 2.45) is 16.2 Å². The fourth-order valence-electron chi connectivity index (χ4n) is 2.39. The van der Waals surface area contributed by atoms with Gasteiger partial charge in [-0.2, -0.15) is 0 Å². The molecule has 1 spiro atoms. The molecule has 0 bridgehead atoms. The second kappa shape index (κ2) is 6.01. The number of carboxylic acid groups (broad SMARTS) is 2. The highest BCUT2D eigenvalue weighted by molar-refractivity contribution is 5.74. The lowest BCUT2D eigenvalue weighted by Gasteiger charge is -2.47. The topological polar surface area (TPSA) is 112 Å². The fraction of sp³-hybridized carbons (Fsp3) is 0.867. The number of ether oxygens (including phenoxy) is 4. The monoisotopic (exact) mass is 332 g/mol. The third kappa shape index (κ3) is 3.35. The zero-order chi connectivity index (χ0) is 17.5. The summed E-state index contributed by atoms with van der Waals surface area (Å²) in [6.45, 7) is 7.08. The molecule has 8 nitrogen and oxygen atoms in total. The molecule has 2 N–H and O–H groups in total. The average molecular weight is 332 g/mol. The molecular weight excluding hydrogens is 308 g/mol. The summed E-state index contributed by atoms with van der Waals surface area (Å²) >= 11 is 0. The molecule has 2 rings (SSSR count). The highest BCUT2D eigenvalue weighted by atomic mass is 16.7. The number of carboxylic acids is 2. The van der Waals surface area contributed by atoms with Gasteiger partial charge < -0.3 is 29.2 Å². The van der Waals surface area contributed by atoms with Gasteiger partial charge in [0, 0.05) is 0 Å². The van der Waals surface area contributed by atoms with Crippen molar-refractivity contribution in [3.05, 3.63) is 0 Å². The Bertz CT molecular complexity index is 420. The maximum absolute atomic E-state index is 11.2. The van der Waals surface area contributed by atoms with Crippen LogP contribution in [0, 0.1) is 16.2 Å². The Morgan fingerprint density at radius 2 is 1.04 bits per heavy atom. The Hall–Kier alpha value is -1.22. The van der Waals surface area contributed by atoms with Crippen LogP contribution in [0.1, 0.15) is 27.7 Å². The summed E-state index contributed by atoms with van der Waals surface area (Å²) in [4.78, 5) is 22.5. The quantitative estimate of drug-likeness (QED) is 0.782. The molecule has 2 heterocycles. The molecule has 2 aliphatic rings. The molecule has 2 aliphatic heterocycles. The molecule has 0 unspecified atom stereocenters. The fourth-order valence-corrected chi connectivity index (χ4v) is 2.39. The number of hydrogen-bond donors (Lipinski definition) is 2. The molecular formula is C15H24O8. The van der Waals surface area contributed by atoms with Crippen LogP contribution >= 0.6 is 0 Å². The van der Waals surface area contributed by atoms with E-state index in [1.807, 2.05) is 0 Å². The molecule has 0 aromatic heterocycles. The maximum atomic E-state index is 11.2. The van der Waals surface area contributed by atoms with Crippen LogP contribution in [0.3, 0.4) is 0 Å². The van der Waals surface area contributed by atoms with E-state index in [2.05, 4.69) is 0 Å². The van der Waals surface area contributed by atoms with Crippen molar-refractivity contribution < 1.29 is 38.7 Å². The van der Waals surface area contributed by atoms with Gasteiger partial charge in [0.15, 0.2) is 12.6 Å². The van der Waals surface area contributed by atoms with E-state index in [4.69, 9.17) is 18.9 Å². The van der Waals surface area contributed by atoms with E-state index in [1.165, 1.54) is 27.7 Å². The Kier molecular flexibility index (Phi) is 4.74. The van der Waals surface area contributed by atoms with Crippen LogP contribution in [0.15, 0.2) is 0 Å². The first-order valence-electron chi connectivity index (χ1n) is 7.44. The smallest absolute Gasteiger partial charge is 0.314 e. The van der Waals surface area contributed by atoms with Crippen LogP contribution in [-0.2, 0) is 28.5 Å². The van der Waals surface area contributed by atoms with Crippen molar-refractivity contribution in [1.82, 2.24) is 0 Å². The first kappa shape index (κ1) is 18.1. The van der Waals surface area contributed by atoms with Crippen molar-refractivity contribution in [2.45, 2.75) is 40.3 Å². The number of carbonyl (C=O) groups is 2. The maximum Gasteiger partial charge on any atom is 0.314 e. The molecule has 0 saturated carbocycles. The van der Waals surface area contributed by atoms with Crippen LogP contribution in [0.4, 0.5) is 0 Å². The summed E-state index contributed by atoms with van der Waals surface area (Å²) in [5.74, 6) is -2.00. The van der Waals surface area contributed by atoms with Gasteiger partial charge in [0.05, 0.1) is 31.8 Å². The van der Waals surface area contributed by atoms with E-state index in [0.717, 1.165) is 0 Å². The minimum absolute atomic E-state index is 0.231. The van der Waals surface area contributed by atoms with Crippen molar-refractivity contribution >= 4 is 11.9 Å². The van der Waals surface area contributed by atoms with Crippen LogP contribution in [0.25, 0.3) is 0 Å². The zero-order valence-corrected chi connectivity index (χ0v) is 13.8. The van der Waals surface area contributed by atoms with E-state index in [0.29, 0.717) is 0 Å². The van der Waals surface area contributed by atoms with Crippen molar-refractivity contribution in [3.63, 3.8) is 0 Å². The molecule has 0 aromatic rings. The third-order valence-corrected chi connectivity index (χ3v) is 4.44. The summed E-state index contributed by atoms with van der Waals surface area (Å²) in [7, 11) is 0. The van der Waals surface area contributed by atoms with Crippen molar-refractivity contribution in [1.29, 1.82) is 0 Å². The van der Waals surface area contributed by atoms with Crippen LogP contribution in [-0.4, -0.2) is 61.2 Å². The van der Waals surface area contributed by atoms with E-state index in [9.17, 15) is 19.8 Å². The first-order chi connectivity index (χ1) is 10.5. The SMILES string of the molecule is CC(C)(C(=O)O)C1OCC2(CO1)COC(C(C)(C)C(=O)O)OC2. The molecule has 0 radical (unpaired) electrons.